The number of carbonyl (C=O) groups excluding carboxylic acids is 1. The van der Waals surface area contributed by atoms with Gasteiger partial charge in [0.2, 0.25) is 0 Å². The molecule has 138 valence electrons. The molecule has 0 bridgehead atoms. The molecule has 0 aromatic heterocycles. The summed E-state index contributed by atoms with van der Waals surface area (Å²) in [5, 5.41) is 31.7. The van der Waals surface area contributed by atoms with Crippen LogP contribution in [0.5, 0.6) is 0 Å². The van der Waals surface area contributed by atoms with Gasteiger partial charge in [-0.15, -0.1) is 0 Å². The molecule has 0 unspecified atom stereocenters. The lowest BCUT2D eigenvalue weighted by molar-refractivity contribution is -0.241. The Kier molecular flexibility index (Phi) is 3.57. The van der Waals surface area contributed by atoms with Crippen LogP contribution in [0, 0.1) is 22.7 Å². The molecule has 4 rings (SSSR count). The van der Waals surface area contributed by atoms with Crippen molar-refractivity contribution in [2.45, 2.75) is 64.8 Å². The van der Waals surface area contributed by atoms with E-state index in [0.29, 0.717) is 5.92 Å². The van der Waals surface area contributed by atoms with Crippen molar-refractivity contribution >= 4 is 5.97 Å². The molecule has 0 aromatic rings. The first kappa shape index (κ1) is 17.3. The summed E-state index contributed by atoms with van der Waals surface area (Å²) < 4.78 is 5.18. The van der Waals surface area contributed by atoms with Crippen LogP contribution in [-0.2, 0) is 9.53 Å². The van der Waals surface area contributed by atoms with E-state index >= 15 is 0 Å². The van der Waals surface area contributed by atoms with Crippen LogP contribution < -0.4 is 0 Å². The normalized spacial score (nSPS) is 45.3. The molecule has 2 saturated carbocycles. The van der Waals surface area contributed by atoms with Gasteiger partial charge >= 0.3 is 5.97 Å². The second-order valence-electron chi connectivity index (χ2n) is 9.22. The smallest absolute Gasteiger partial charge is 0.339 e. The van der Waals surface area contributed by atoms with Gasteiger partial charge in [-0.2, -0.15) is 0 Å². The highest BCUT2D eigenvalue weighted by Crippen LogP contribution is 2.64. The maximum Gasteiger partial charge on any atom is 0.339 e. The molecule has 2 fully saturated rings. The summed E-state index contributed by atoms with van der Waals surface area (Å²) in [5.41, 5.74) is 1.44. The van der Waals surface area contributed by atoms with Gasteiger partial charge in [0.1, 0.15) is 6.10 Å². The molecule has 3 aliphatic carbocycles. The van der Waals surface area contributed by atoms with Gasteiger partial charge < -0.3 is 20.1 Å². The molecule has 1 aliphatic heterocycles. The zero-order valence-electron chi connectivity index (χ0n) is 15.2. The Hall–Kier alpha value is -1.17. The molecule has 5 nitrogen and oxygen atoms in total. The highest BCUT2D eigenvalue weighted by atomic mass is 16.7. The molecule has 25 heavy (non-hydrogen) atoms. The molecule has 4 aliphatic rings. The first-order valence-corrected chi connectivity index (χ1v) is 9.34. The summed E-state index contributed by atoms with van der Waals surface area (Å²) in [7, 11) is 0. The van der Waals surface area contributed by atoms with Crippen molar-refractivity contribution in [1.82, 2.24) is 0 Å². The number of hydrogen-bond acceptors (Lipinski definition) is 5. The third-order valence-corrected chi connectivity index (χ3v) is 7.52. The number of fused-ring (bicyclic) bond motifs is 4. The van der Waals surface area contributed by atoms with Gasteiger partial charge in [0, 0.05) is 11.5 Å². The van der Waals surface area contributed by atoms with Crippen LogP contribution in [0.4, 0.5) is 0 Å². The van der Waals surface area contributed by atoms with Crippen molar-refractivity contribution in [2.75, 3.05) is 6.61 Å². The van der Waals surface area contributed by atoms with Crippen LogP contribution in [0.3, 0.4) is 0 Å². The minimum atomic E-state index is -2.03. The molecule has 1 heterocycles. The van der Waals surface area contributed by atoms with Crippen molar-refractivity contribution in [3.63, 3.8) is 0 Å². The Morgan fingerprint density at radius 1 is 1.28 bits per heavy atom. The fraction of sp³-hybridized carbons (Fsp3) is 0.750. The Morgan fingerprint density at radius 3 is 2.68 bits per heavy atom. The van der Waals surface area contributed by atoms with E-state index in [4.69, 9.17) is 4.74 Å². The Bertz CT molecular complexity index is 690. The Labute approximate surface area is 148 Å². The first-order chi connectivity index (χ1) is 11.6. The predicted molar refractivity (Wildman–Crippen MR) is 91.2 cm³/mol. The molecule has 3 N–H and O–H groups in total. The van der Waals surface area contributed by atoms with Crippen molar-refractivity contribution in [3.8, 4) is 0 Å². The van der Waals surface area contributed by atoms with Crippen molar-refractivity contribution < 1.29 is 24.9 Å². The van der Waals surface area contributed by atoms with E-state index in [1.165, 1.54) is 6.42 Å². The molecule has 0 spiro atoms. The van der Waals surface area contributed by atoms with Gasteiger partial charge in [-0.3, -0.25) is 0 Å². The minimum absolute atomic E-state index is 0.0590. The van der Waals surface area contributed by atoms with E-state index < -0.39 is 24.5 Å². The van der Waals surface area contributed by atoms with Crippen LogP contribution >= 0.6 is 0 Å². The van der Waals surface area contributed by atoms with Gasteiger partial charge in [-0.05, 0) is 42.4 Å². The van der Waals surface area contributed by atoms with Crippen LogP contribution in [-0.4, -0.2) is 39.8 Å². The lowest BCUT2D eigenvalue weighted by Gasteiger charge is -2.60. The number of ether oxygens (including phenoxy) is 1. The van der Waals surface area contributed by atoms with E-state index in [0.717, 1.165) is 31.3 Å². The standard InChI is InChI=1S/C20H28O5/c1-18(2)7-4-8-19(3)14(18)6-5-11-9-13-12(10-21)17(23)25-20(13,24)16(22)15(11)19/h9,14-16,21-22,24H,4-8,10H2,1-3H3/t14-,15+,16-,19-,20-/m1/s1. The Balaban J connectivity index is 1.84. The fourth-order valence-electron chi connectivity index (χ4n) is 6.43. The fourth-order valence-corrected chi connectivity index (χ4v) is 6.43. The summed E-state index contributed by atoms with van der Waals surface area (Å²) >= 11 is 0. The molecule has 5 heteroatoms. The number of aliphatic hydroxyl groups is 3. The van der Waals surface area contributed by atoms with E-state index in [-0.39, 0.29) is 27.9 Å². The zero-order valence-corrected chi connectivity index (χ0v) is 15.2. The van der Waals surface area contributed by atoms with E-state index in [2.05, 4.69) is 20.8 Å². The minimum Gasteiger partial charge on any atom is -0.422 e. The molecule has 0 aromatic carbocycles. The quantitative estimate of drug-likeness (QED) is 0.632. The molecular formula is C20H28O5. The third kappa shape index (κ3) is 2.09. The van der Waals surface area contributed by atoms with Crippen LogP contribution in [0.15, 0.2) is 22.8 Å². The Morgan fingerprint density at radius 2 is 2.00 bits per heavy atom. The second kappa shape index (κ2) is 5.18. The third-order valence-electron chi connectivity index (χ3n) is 7.52. The van der Waals surface area contributed by atoms with E-state index in [9.17, 15) is 20.1 Å². The molecule has 5 atom stereocenters. The summed E-state index contributed by atoms with van der Waals surface area (Å²) in [6.07, 6.45) is 5.78. The SMILES string of the molecule is CC1(C)CCC[C@]2(C)[C@@H]1CCC1=CC3=C(CO)C(=O)O[C@@]3(O)[C@H](O)[C@H]12. The predicted octanol–water partition coefficient (Wildman–Crippen LogP) is 2.06. The van der Waals surface area contributed by atoms with E-state index in [1.807, 2.05) is 6.08 Å². The van der Waals surface area contributed by atoms with Gasteiger partial charge in [0.15, 0.2) is 0 Å². The van der Waals surface area contributed by atoms with Crippen molar-refractivity contribution in [2.24, 2.45) is 22.7 Å². The molecule has 0 amide bonds. The number of aliphatic hydroxyl groups excluding tert-OH is 2. The van der Waals surface area contributed by atoms with E-state index in [1.54, 1.807) is 0 Å². The first-order valence-electron chi connectivity index (χ1n) is 9.34. The monoisotopic (exact) mass is 348 g/mol. The molecule has 0 radical (unpaired) electrons. The summed E-state index contributed by atoms with van der Waals surface area (Å²) in [4.78, 5) is 12.1. The number of carbonyl (C=O) groups is 1. The topological polar surface area (TPSA) is 87.0 Å². The van der Waals surface area contributed by atoms with Crippen molar-refractivity contribution in [3.05, 3.63) is 22.8 Å². The average Bonchev–Trinajstić information content (AvgIpc) is 2.77. The molecular weight excluding hydrogens is 320 g/mol. The zero-order chi connectivity index (χ0) is 18.2. The van der Waals surface area contributed by atoms with Crippen LogP contribution in [0.1, 0.15) is 52.9 Å². The highest BCUT2D eigenvalue weighted by molar-refractivity contribution is 5.94. The lowest BCUT2D eigenvalue weighted by atomic mass is 9.45. The highest BCUT2D eigenvalue weighted by Gasteiger charge is 2.63. The van der Waals surface area contributed by atoms with Gasteiger partial charge in [-0.1, -0.05) is 38.8 Å². The van der Waals surface area contributed by atoms with Crippen LogP contribution in [0.25, 0.3) is 0 Å². The number of hydrogen-bond donors (Lipinski definition) is 3. The summed E-state index contributed by atoms with van der Waals surface area (Å²) in [5.74, 6) is -2.55. The number of esters is 1. The molecule has 0 saturated heterocycles. The van der Waals surface area contributed by atoms with Crippen molar-refractivity contribution in [1.29, 1.82) is 0 Å². The lowest BCUT2D eigenvalue weighted by Crippen LogP contribution is -2.60. The largest absolute Gasteiger partial charge is 0.422 e. The summed E-state index contributed by atoms with van der Waals surface area (Å²) in [6.45, 7) is 6.34. The van der Waals surface area contributed by atoms with Gasteiger partial charge in [0.05, 0.1) is 12.2 Å². The number of rotatable bonds is 1. The van der Waals surface area contributed by atoms with Crippen LogP contribution in [0.2, 0.25) is 0 Å². The maximum atomic E-state index is 12.1. The summed E-state index contributed by atoms with van der Waals surface area (Å²) in [6, 6.07) is 0. The average molecular weight is 348 g/mol. The van der Waals surface area contributed by atoms with Gasteiger partial charge in [-0.25, -0.2) is 4.79 Å². The van der Waals surface area contributed by atoms with Gasteiger partial charge in [0.25, 0.3) is 5.79 Å². The second-order valence-corrected chi connectivity index (χ2v) is 9.22. The maximum absolute atomic E-state index is 12.1.